The maximum Gasteiger partial charge on any atom is 0.439 e. The van der Waals surface area contributed by atoms with E-state index in [2.05, 4.69) is 93.3 Å². The highest BCUT2D eigenvalue weighted by atomic mass is 28.4. The lowest BCUT2D eigenvalue weighted by molar-refractivity contribution is 0.188. The van der Waals surface area contributed by atoms with Gasteiger partial charge in [-0.2, -0.15) is 0 Å². The van der Waals surface area contributed by atoms with Crippen molar-refractivity contribution in [2.45, 2.75) is 136 Å². The van der Waals surface area contributed by atoms with Gasteiger partial charge < -0.3 is 8.85 Å². The minimum absolute atomic E-state index is 0.235. The van der Waals surface area contributed by atoms with Crippen LogP contribution in [0.2, 0.25) is 33.2 Å². The summed E-state index contributed by atoms with van der Waals surface area (Å²) < 4.78 is 12.1. The molecule has 0 fully saturated rings. The third kappa shape index (κ3) is 7.51. The van der Waals surface area contributed by atoms with E-state index in [0.717, 1.165) is 37.4 Å². The van der Waals surface area contributed by atoms with E-state index in [1.165, 1.54) is 0 Å². The molecule has 0 aromatic carbocycles. The summed E-state index contributed by atoms with van der Waals surface area (Å²) >= 11 is 0. The standard InChI is InChI=1S/C23H48N2O4Si2/c1-13-16-30(17-14-2,18-15-3)28-19(26)24-25-20(27)29-31(21(4,5)6,22(7,8)9)23(10,11)12/h13-18H2,1-12H3. The van der Waals surface area contributed by atoms with Crippen molar-refractivity contribution in [3.8, 4) is 0 Å². The first-order chi connectivity index (χ1) is 13.9. The van der Waals surface area contributed by atoms with Gasteiger partial charge in [0.15, 0.2) is 0 Å². The molecular formula is C23H48N2O4Si2. The molecule has 0 atom stereocenters. The van der Waals surface area contributed by atoms with E-state index in [1.54, 1.807) is 0 Å². The highest BCUT2D eigenvalue weighted by Gasteiger charge is 2.64. The summed E-state index contributed by atoms with van der Waals surface area (Å²) in [4.78, 5) is 25.3. The monoisotopic (exact) mass is 472 g/mol. The average molecular weight is 473 g/mol. The summed E-state index contributed by atoms with van der Waals surface area (Å²) in [6.07, 6.45) is 1.35. The fourth-order valence-electron chi connectivity index (χ4n) is 6.17. The molecule has 0 aromatic heterocycles. The van der Waals surface area contributed by atoms with Crippen LogP contribution in [0, 0.1) is 0 Å². The fraction of sp³-hybridized carbons (Fsp3) is 0.913. The summed E-state index contributed by atoms with van der Waals surface area (Å²) in [6, 6.07) is 2.73. The van der Waals surface area contributed by atoms with Crippen molar-refractivity contribution < 1.29 is 18.4 Å². The Morgan fingerprint density at radius 1 is 0.613 bits per heavy atom. The van der Waals surface area contributed by atoms with Crippen LogP contribution in [0.3, 0.4) is 0 Å². The minimum Gasteiger partial charge on any atom is -0.501 e. The van der Waals surface area contributed by atoms with Crippen LogP contribution in [0.5, 0.6) is 0 Å². The lowest BCUT2D eigenvalue weighted by Crippen LogP contribution is -2.61. The van der Waals surface area contributed by atoms with Crippen molar-refractivity contribution >= 4 is 28.8 Å². The Bertz CT molecular complexity index is 576. The topological polar surface area (TPSA) is 77.3 Å². The quantitative estimate of drug-likeness (QED) is 0.260. The molecule has 0 saturated heterocycles. The second-order valence-corrected chi connectivity index (χ2v) is 21.9. The first-order valence-electron chi connectivity index (χ1n) is 11.8. The van der Waals surface area contributed by atoms with Gasteiger partial charge in [0.05, 0.1) is 0 Å². The zero-order valence-electron chi connectivity index (χ0n) is 22.3. The van der Waals surface area contributed by atoms with Crippen LogP contribution in [0.4, 0.5) is 9.59 Å². The summed E-state index contributed by atoms with van der Waals surface area (Å²) in [5.41, 5.74) is 0. The summed E-state index contributed by atoms with van der Waals surface area (Å²) in [7, 11) is -4.98. The Hall–Kier alpha value is -1.03. The van der Waals surface area contributed by atoms with Crippen molar-refractivity contribution in [2.75, 3.05) is 0 Å². The van der Waals surface area contributed by atoms with Crippen molar-refractivity contribution in [1.82, 2.24) is 0 Å². The van der Waals surface area contributed by atoms with Gasteiger partial charge in [-0.15, -0.1) is 0 Å². The molecule has 0 aliphatic heterocycles. The van der Waals surface area contributed by atoms with Crippen molar-refractivity contribution in [2.24, 2.45) is 10.2 Å². The Morgan fingerprint density at radius 3 is 1.16 bits per heavy atom. The lowest BCUT2D eigenvalue weighted by Gasteiger charge is -2.56. The van der Waals surface area contributed by atoms with Crippen molar-refractivity contribution in [3.05, 3.63) is 0 Å². The van der Waals surface area contributed by atoms with E-state index >= 15 is 0 Å². The third-order valence-electron chi connectivity index (χ3n) is 6.04. The van der Waals surface area contributed by atoms with Crippen LogP contribution < -0.4 is 0 Å². The van der Waals surface area contributed by atoms with Gasteiger partial charge in [0.2, 0.25) is 0 Å². The Balaban J connectivity index is 5.76. The Kier molecular flexibility index (Phi) is 10.8. The van der Waals surface area contributed by atoms with Crippen LogP contribution in [0.15, 0.2) is 10.2 Å². The van der Waals surface area contributed by atoms with E-state index < -0.39 is 28.8 Å². The van der Waals surface area contributed by atoms with E-state index in [1.807, 2.05) is 0 Å². The molecule has 182 valence electrons. The van der Waals surface area contributed by atoms with Gasteiger partial charge >= 0.3 is 12.2 Å². The molecule has 0 radical (unpaired) electrons. The predicted molar refractivity (Wildman–Crippen MR) is 134 cm³/mol. The van der Waals surface area contributed by atoms with Gasteiger partial charge in [0.1, 0.15) is 0 Å². The normalized spacial score (nSPS) is 14.1. The number of amides is 2. The van der Waals surface area contributed by atoms with Crippen LogP contribution in [-0.2, 0) is 8.85 Å². The third-order valence-corrected chi connectivity index (χ3v) is 17.7. The van der Waals surface area contributed by atoms with Gasteiger partial charge in [0.25, 0.3) is 16.6 Å². The number of carbonyl (C=O) groups is 2. The molecule has 0 rings (SSSR count). The lowest BCUT2D eigenvalue weighted by atomic mass is 10.2. The van der Waals surface area contributed by atoms with Gasteiger partial charge in [-0.1, -0.05) is 113 Å². The fourth-order valence-corrected chi connectivity index (χ4v) is 18.3. The zero-order valence-corrected chi connectivity index (χ0v) is 24.3. The number of azo groups is 1. The van der Waals surface area contributed by atoms with Gasteiger partial charge in [0, 0.05) is 0 Å². The summed E-state index contributed by atoms with van der Waals surface area (Å²) in [5, 5.41) is 6.59. The molecule has 31 heavy (non-hydrogen) atoms. The number of hydrogen-bond donors (Lipinski definition) is 0. The number of carbonyl (C=O) groups excluding carboxylic acids is 2. The van der Waals surface area contributed by atoms with E-state index in [-0.39, 0.29) is 15.1 Å². The predicted octanol–water partition coefficient (Wildman–Crippen LogP) is 9.23. The summed E-state index contributed by atoms with van der Waals surface area (Å²) in [6.45, 7) is 25.4. The maximum atomic E-state index is 12.8. The second kappa shape index (κ2) is 11.2. The highest BCUT2D eigenvalue weighted by Crippen LogP contribution is 2.62. The minimum atomic E-state index is -2.77. The van der Waals surface area contributed by atoms with Crippen LogP contribution in [0.25, 0.3) is 0 Å². The largest absolute Gasteiger partial charge is 0.501 e. The first-order valence-corrected chi connectivity index (χ1v) is 16.2. The van der Waals surface area contributed by atoms with Gasteiger partial charge in [-0.3, -0.25) is 0 Å². The molecule has 0 aromatic rings. The van der Waals surface area contributed by atoms with Crippen LogP contribution >= 0.6 is 0 Å². The smallest absolute Gasteiger partial charge is 0.439 e. The molecule has 0 N–H and O–H groups in total. The second-order valence-electron chi connectivity index (χ2n) is 11.8. The molecular weight excluding hydrogens is 424 g/mol. The SMILES string of the molecule is CCC[Si](CCC)(CCC)OC(=O)N=NC(=O)O[Si](C(C)(C)C)(C(C)(C)C)C(C)(C)C. The zero-order chi connectivity index (χ0) is 24.7. The molecule has 6 nitrogen and oxygen atoms in total. The molecule has 0 aliphatic carbocycles. The van der Waals surface area contributed by atoms with E-state index in [9.17, 15) is 9.59 Å². The van der Waals surface area contributed by atoms with Crippen molar-refractivity contribution in [1.29, 1.82) is 0 Å². The van der Waals surface area contributed by atoms with Crippen LogP contribution in [-0.4, -0.2) is 28.8 Å². The molecule has 8 heteroatoms. The molecule has 0 saturated carbocycles. The van der Waals surface area contributed by atoms with Crippen molar-refractivity contribution in [3.63, 3.8) is 0 Å². The number of nitrogens with zero attached hydrogens (tertiary/aromatic N) is 2. The maximum absolute atomic E-state index is 12.8. The average Bonchev–Trinajstić information content (AvgIpc) is 2.55. The molecule has 0 aliphatic rings. The molecule has 0 heterocycles. The van der Waals surface area contributed by atoms with Crippen LogP contribution in [0.1, 0.15) is 102 Å². The van der Waals surface area contributed by atoms with Gasteiger partial charge in [-0.25, -0.2) is 9.59 Å². The summed E-state index contributed by atoms with van der Waals surface area (Å²) in [5.74, 6) is 0. The number of rotatable bonds is 8. The van der Waals surface area contributed by atoms with E-state index in [0.29, 0.717) is 0 Å². The molecule has 0 bridgehead atoms. The molecule has 2 amide bonds. The Labute approximate surface area is 193 Å². The first kappa shape index (κ1) is 30.0. The molecule has 0 unspecified atom stereocenters. The van der Waals surface area contributed by atoms with E-state index in [4.69, 9.17) is 8.85 Å². The number of hydrogen-bond acceptors (Lipinski definition) is 4. The van der Waals surface area contributed by atoms with Gasteiger partial charge in [-0.05, 0) is 33.2 Å². The Morgan fingerprint density at radius 2 is 0.903 bits per heavy atom. The highest BCUT2D eigenvalue weighted by molar-refractivity contribution is 6.83. The molecule has 0 spiro atoms.